The maximum absolute atomic E-state index is 11.2. The number of alkyl halides is 6. The van der Waals surface area contributed by atoms with Gasteiger partial charge in [0.05, 0.1) is 0 Å². The number of halogens is 6. The van der Waals surface area contributed by atoms with Crippen LogP contribution < -0.4 is 0 Å². The average molecular weight is 646 g/mol. The smallest absolute Gasteiger partial charge is 0.331 e. The molecule has 0 amide bonds. The predicted molar refractivity (Wildman–Crippen MR) is 90.1 cm³/mol. The van der Waals surface area contributed by atoms with Gasteiger partial charge in [-0.15, -0.1) is 0 Å². The van der Waals surface area contributed by atoms with Crippen molar-refractivity contribution in [2.24, 2.45) is 0 Å². The Balaban J connectivity index is 4.00. The number of carbonyl (C=O) groups is 2. The molecule has 0 N–H and O–H groups in total. The van der Waals surface area contributed by atoms with Crippen molar-refractivity contribution < 1.29 is 19.1 Å². The Kier molecular flexibility index (Phi) is 9.52. The van der Waals surface area contributed by atoms with E-state index in [1.165, 1.54) is 0 Å². The highest BCUT2D eigenvalue weighted by atomic mass is 80.0. The molecule has 0 rings (SSSR count). The number of esters is 2. The van der Waals surface area contributed by atoms with Gasteiger partial charge in [0.1, 0.15) is 13.2 Å². The normalized spacial score (nSPS) is 12.6. The van der Waals surface area contributed by atoms with Crippen LogP contribution in [0.1, 0.15) is 0 Å². The summed E-state index contributed by atoms with van der Waals surface area (Å²) in [5, 5.41) is 0. The minimum absolute atomic E-state index is 0.0402. The molecule has 0 aromatic carbocycles. The molecule has 18 heavy (non-hydrogen) atoms. The first-order valence-electron chi connectivity index (χ1n) is 4.15. The van der Waals surface area contributed by atoms with E-state index in [2.05, 4.69) is 95.6 Å². The maximum Gasteiger partial charge on any atom is 0.331 e. The van der Waals surface area contributed by atoms with Gasteiger partial charge >= 0.3 is 11.9 Å². The molecule has 0 aromatic heterocycles. The third kappa shape index (κ3) is 14.0. The summed E-state index contributed by atoms with van der Waals surface area (Å²) in [7, 11) is 0. The lowest BCUT2D eigenvalue weighted by Gasteiger charge is -2.11. The van der Waals surface area contributed by atoms with Crippen molar-refractivity contribution in [2.75, 3.05) is 13.2 Å². The third-order valence-corrected chi connectivity index (χ3v) is 2.49. The van der Waals surface area contributed by atoms with Crippen LogP contribution in [0.2, 0.25) is 0 Å². The Morgan fingerprint density at radius 3 is 1.28 bits per heavy atom. The molecule has 0 saturated carbocycles. The van der Waals surface area contributed by atoms with Crippen LogP contribution in [0, 0.1) is 0 Å². The summed E-state index contributed by atoms with van der Waals surface area (Å²) < 4.78 is 8.26. The fourth-order valence-corrected chi connectivity index (χ4v) is 1.22. The molecule has 0 aromatic rings. The van der Waals surface area contributed by atoms with Crippen molar-refractivity contribution in [1.29, 1.82) is 0 Å². The van der Waals surface area contributed by atoms with Gasteiger partial charge < -0.3 is 9.47 Å². The van der Waals surface area contributed by atoms with Crippen molar-refractivity contribution >= 4 is 108 Å². The highest BCUT2D eigenvalue weighted by Crippen LogP contribution is 2.34. The molecule has 4 nitrogen and oxygen atoms in total. The molecule has 0 unspecified atom stereocenters. The van der Waals surface area contributed by atoms with Gasteiger partial charge in [-0.3, -0.25) is 0 Å². The van der Waals surface area contributed by atoms with E-state index in [-0.39, 0.29) is 13.2 Å². The fourth-order valence-electron chi connectivity index (χ4n) is 0.538. The van der Waals surface area contributed by atoms with Gasteiger partial charge in [0.15, 0.2) is 4.29 Å². The first-order valence-corrected chi connectivity index (χ1v) is 8.90. The lowest BCUT2D eigenvalue weighted by Crippen LogP contribution is -2.16. The average Bonchev–Trinajstić information content (AvgIpc) is 2.18. The molecule has 0 aliphatic carbocycles. The number of carbonyl (C=O) groups excluding carboxylic acids is 2. The molecule has 0 saturated heterocycles. The number of ether oxygens (including phenoxy) is 2. The zero-order valence-electron chi connectivity index (χ0n) is 8.47. The summed E-state index contributed by atoms with van der Waals surface area (Å²) >= 11 is 19.0. The largest absolute Gasteiger partial charge is 0.459 e. The predicted octanol–water partition coefficient (Wildman–Crippen LogP) is 4.31. The molecule has 10 heteroatoms. The minimum Gasteiger partial charge on any atom is -0.459 e. The quantitative estimate of drug-likeness (QED) is 0.260. The lowest BCUT2D eigenvalue weighted by molar-refractivity contribution is -0.140. The monoisotopic (exact) mass is 640 g/mol. The van der Waals surface area contributed by atoms with Crippen LogP contribution >= 0.6 is 95.6 Å². The fraction of sp³-hybridized carbons (Fsp3) is 0.500. The van der Waals surface area contributed by atoms with Crippen LogP contribution in [0.15, 0.2) is 12.2 Å². The van der Waals surface area contributed by atoms with E-state index < -0.39 is 16.2 Å². The molecule has 0 radical (unpaired) electrons. The van der Waals surface area contributed by atoms with E-state index in [9.17, 15) is 9.59 Å². The van der Waals surface area contributed by atoms with Gasteiger partial charge in [-0.2, -0.15) is 0 Å². The summed E-state index contributed by atoms with van der Waals surface area (Å²) in [4.78, 5) is 22.4. The van der Waals surface area contributed by atoms with Crippen LogP contribution in [0.4, 0.5) is 0 Å². The van der Waals surface area contributed by atoms with Crippen LogP contribution in [-0.4, -0.2) is 29.4 Å². The van der Waals surface area contributed by atoms with E-state index in [0.29, 0.717) is 0 Å². The first-order chi connectivity index (χ1) is 7.99. The van der Waals surface area contributed by atoms with Gasteiger partial charge in [0.2, 0.25) is 0 Å². The molecule has 0 bridgehead atoms. The molecule has 0 aliphatic rings. The Hall–Kier alpha value is 1.56. The summed E-state index contributed by atoms with van der Waals surface area (Å²) in [6, 6.07) is 0. The highest BCUT2D eigenvalue weighted by Gasteiger charge is 2.20. The van der Waals surface area contributed by atoms with E-state index in [1.54, 1.807) is 0 Å². The van der Waals surface area contributed by atoms with Gasteiger partial charge in [-0.25, -0.2) is 9.59 Å². The maximum atomic E-state index is 11.2. The van der Waals surface area contributed by atoms with Crippen LogP contribution in [0.25, 0.3) is 0 Å². The number of rotatable bonds is 4. The van der Waals surface area contributed by atoms with Crippen LogP contribution in [0.3, 0.4) is 0 Å². The number of hydrogen-bond acceptors (Lipinski definition) is 4. The van der Waals surface area contributed by atoms with Crippen LogP contribution in [0.5, 0.6) is 0 Å². The Labute approximate surface area is 154 Å². The third-order valence-electron chi connectivity index (χ3n) is 1.11. The summed E-state index contributed by atoms with van der Waals surface area (Å²) in [6.45, 7) is 0.0804. The van der Waals surface area contributed by atoms with Gasteiger partial charge in [0, 0.05) is 12.2 Å². The van der Waals surface area contributed by atoms with Crippen molar-refractivity contribution in [1.82, 2.24) is 0 Å². The second-order valence-electron chi connectivity index (χ2n) is 2.78. The summed E-state index contributed by atoms with van der Waals surface area (Å²) in [5.41, 5.74) is 0. The second kappa shape index (κ2) is 8.76. The van der Waals surface area contributed by atoms with Gasteiger partial charge in [-0.1, -0.05) is 95.6 Å². The molecule has 0 atom stereocenters. The van der Waals surface area contributed by atoms with Crippen molar-refractivity contribution in [3.63, 3.8) is 0 Å². The molecule has 0 heterocycles. The Morgan fingerprint density at radius 1 is 0.778 bits per heavy atom. The second-order valence-corrected chi connectivity index (χ2v) is 17.3. The van der Waals surface area contributed by atoms with Crippen molar-refractivity contribution in [3.8, 4) is 0 Å². The SMILES string of the molecule is O=C(C=CC(=O)OCC(Br)(Br)Br)OCC(Br)(Br)Br. The molecule has 0 aliphatic heterocycles. The minimum atomic E-state index is -0.668. The van der Waals surface area contributed by atoms with Gasteiger partial charge in [-0.05, 0) is 0 Å². The highest BCUT2D eigenvalue weighted by molar-refractivity contribution is 9.39. The zero-order valence-corrected chi connectivity index (χ0v) is 18.0. The van der Waals surface area contributed by atoms with Gasteiger partial charge in [0.25, 0.3) is 0 Å². The zero-order chi connectivity index (χ0) is 14.4. The standard InChI is InChI=1S/C8H6Br6O4/c9-7(10,11)3-17-5(15)1-2-6(16)18-4-8(12,13)14/h1-2H,3-4H2. The van der Waals surface area contributed by atoms with E-state index in [1.807, 2.05) is 0 Å². The van der Waals surface area contributed by atoms with E-state index in [4.69, 9.17) is 9.47 Å². The molecular weight excluding hydrogens is 640 g/mol. The van der Waals surface area contributed by atoms with E-state index in [0.717, 1.165) is 12.2 Å². The van der Waals surface area contributed by atoms with Crippen molar-refractivity contribution in [2.45, 2.75) is 4.29 Å². The topological polar surface area (TPSA) is 52.6 Å². The van der Waals surface area contributed by atoms with Crippen LogP contribution in [-0.2, 0) is 19.1 Å². The molecule has 104 valence electrons. The van der Waals surface area contributed by atoms with E-state index >= 15 is 0 Å². The van der Waals surface area contributed by atoms with Crippen molar-refractivity contribution in [3.05, 3.63) is 12.2 Å². The number of hydrogen-bond donors (Lipinski definition) is 0. The first kappa shape index (κ1) is 19.6. The molecule has 0 fully saturated rings. The lowest BCUT2D eigenvalue weighted by atomic mass is 10.5. The molecular formula is C8H6Br6O4. The Morgan fingerprint density at radius 2 is 1.06 bits per heavy atom. The summed E-state index contributed by atoms with van der Waals surface area (Å²) in [6.07, 6.45) is 1.97. The molecule has 0 spiro atoms. The Bertz CT molecular complexity index is 297. The summed E-state index contributed by atoms with van der Waals surface area (Å²) in [5.74, 6) is -1.31.